The first-order valence-electron chi connectivity index (χ1n) is 35.5. The van der Waals surface area contributed by atoms with Gasteiger partial charge >= 0.3 is 0 Å². The standard InChI is InChI=1S/C74H118N12O14/c1-21-48(8)63-67(93)78-62(50(10)87)73(99)80(15)49(9)68(94)82(17)57(39-47(6)7)65(91)76-54(71(97)86-35-29-24-30-36-86)42-60(88)79(14)43-61(89)81(16)56(38-46(4)5)64(90)75-53(37-45(2)3)69(95)83(18)58(40-51-31-25-22-26-32-51)66(92)77-55(44-100-74(11,12)13)70(96)84(19)59(72(98)85(63)20)41-52-33-27-23-28-34-52/h22-23,25-28,31-34,45-50,53-59,62-63,87H,21,24,29-30,35-44H2,1-20H3,(H,75,90)(H,76,91)(H,77,92)(H,78,93)/t48-,49-,50+,53-,54-,55-,56-,57-,58-,59-,62-,63-/m0/s1. The lowest BCUT2D eigenvalue weighted by molar-refractivity contribution is -0.153. The Morgan fingerprint density at radius 1 is 0.520 bits per heavy atom. The molecule has 0 aromatic heterocycles. The molecule has 0 bridgehead atoms. The van der Waals surface area contributed by atoms with Gasteiger partial charge in [-0.3, -0.25) is 57.5 Å². The Labute approximate surface area is 593 Å². The Hall–Kier alpha value is -8.00. The van der Waals surface area contributed by atoms with E-state index in [1.54, 1.807) is 100 Å². The summed E-state index contributed by atoms with van der Waals surface area (Å²) >= 11 is 0. The van der Waals surface area contributed by atoms with Crippen LogP contribution in [0.5, 0.6) is 0 Å². The Morgan fingerprint density at radius 2 is 0.980 bits per heavy atom. The second-order valence-corrected chi connectivity index (χ2v) is 29.8. The summed E-state index contributed by atoms with van der Waals surface area (Å²) in [6.07, 6.45) is 0.481. The number of nitrogens with one attached hydrogen (secondary N) is 4. The van der Waals surface area contributed by atoms with Crippen LogP contribution < -0.4 is 21.3 Å². The zero-order chi connectivity index (χ0) is 75.4. The number of amides is 12. The molecule has 100 heavy (non-hydrogen) atoms. The molecule has 0 aliphatic carbocycles. The van der Waals surface area contributed by atoms with Crippen LogP contribution in [0.25, 0.3) is 0 Å². The van der Waals surface area contributed by atoms with Crippen molar-refractivity contribution in [3.05, 3.63) is 71.8 Å². The second-order valence-electron chi connectivity index (χ2n) is 29.8. The molecule has 2 aliphatic rings. The summed E-state index contributed by atoms with van der Waals surface area (Å²) in [5, 5.41) is 22.7. The average molecular weight is 1400 g/mol. The number of hydrogen-bond acceptors (Lipinski definition) is 14. The fraction of sp³-hybridized carbons (Fsp3) is 0.676. The quantitative estimate of drug-likeness (QED) is 0.160. The van der Waals surface area contributed by atoms with Gasteiger partial charge in [0.1, 0.15) is 60.4 Å². The fourth-order valence-corrected chi connectivity index (χ4v) is 12.6. The molecule has 26 nitrogen and oxygen atoms in total. The first kappa shape index (κ1) is 84.4. The van der Waals surface area contributed by atoms with E-state index >= 15 is 24.0 Å². The molecule has 4 rings (SSSR count). The largest absolute Gasteiger partial charge is 0.391 e. The number of ether oxygens (including phenoxy) is 1. The smallest absolute Gasteiger partial charge is 0.248 e. The molecule has 26 heteroatoms. The van der Waals surface area contributed by atoms with E-state index in [9.17, 15) is 38.7 Å². The monoisotopic (exact) mass is 1400 g/mol. The molecule has 12 amide bonds. The number of aliphatic hydroxyl groups excluding tert-OH is 1. The lowest BCUT2D eigenvalue weighted by Crippen LogP contribution is -2.63. The Kier molecular flexibility index (Phi) is 32.7. The van der Waals surface area contributed by atoms with E-state index in [0.717, 1.165) is 21.1 Å². The number of piperidine rings is 1. The summed E-state index contributed by atoms with van der Waals surface area (Å²) in [5.41, 5.74) is 0.393. The number of likely N-dealkylation sites (N-methyl/N-ethyl adjacent to an activating group) is 7. The molecule has 2 saturated heterocycles. The minimum atomic E-state index is -1.70. The topological polar surface area (TPSA) is 308 Å². The van der Waals surface area contributed by atoms with E-state index < -0.39 is 168 Å². The Balaban J connectivity index is 1.99. The predicted octanol–water partition coefficient (Wildman–Crippen LogP) is 3.65. The molecule has 0 spiro atoms. The molecule has 2 aliphatic heterocycles. The highest BCUT2D eigenvalue weighted by atomic mass is 16.5. The lowest BCUT2D eigenvalue weighted by Gasteiger charge is -2.39. The van der Waals surface area contributed by atoms with Gasteiger partial charge < -0.3 is 70.3 Å². The van der Waals surface area contributed by atoms with Crippen molar-refractivity contribution in [1.82, 2.24) is 60.5 Å². The number of aliphatic hydroxyl groups is 1. The molecule has 2 heterocycles. The first-order chi connectivity index (χ1) is 46.7. The van der Waals surface area contributed by atoms with Crippen molar-refractivity contribution < 1.29 is 67.4 Å². The summed E-state index contributed by atoms with van der Waals surface area (Å²) in [5.74, 6) is -10.0. The third-order valence-corrected chi connectivity index (χ3v) is 19.1. The maximum atomic E-state index is 15.6. The second kappa shape index (κ2) is 38.7. The highest BCUT2D eigenvalue weighted by molar-refractivity contribution is 6.00. The number of likely N-dealkylation sites (tertiary alicyclic amines) is 1. The minimum Gasteiger partial charge on any atom is -0.391 e. The van der Waals surface area contributed by atoms with E-state index in [1.165, 1.54) is 82.8 Å². The highest BCUT2D eigenvalue weighted by Crippen LogP contribution is 2.24. The van der Waals surface area contributed by atoms with Crippen LogP contribution in [0.4, 0.5) is 0 Å². The van der Waals surface area contributed by atoms with Crippen LogP contribution in [0.15, 0.2) is 60.7 Å². The molecule has 2 fully saturated rings. The van der Waals surface area contributed by atoms with Gasteiger partial charge in [0.15, 0.2) is 0 Å². The summed E-state index contributed by atoms with van der Waals surface area (Å²) in [6, 6.07) is 3.94. The zero-order valence-electron chi connectivity index (χ0n) is 63.2. The summed E-state index contributed by atoms with van der Waals surface area (Å²) in [4.78, 5) is 189. The molecular weight excluding hydrogens is 1280 g/mol. The van der Waals surface area contributed by atoms with Crippen molar-refractivity contribution in [2.24, 2.45) is 23.7 Å². The van der Waals surface area contributed by atoms with Gasteiger partial charge in [0.25, 0.3) is 0 Å². The van der Waals surface area contributed by atoms with Crippen LogP contribution in [-0.4, -0.2) is 263 Å². The van der Waals surface area contributed by atoms with Gasteiger partial charge in [0.05, 0.1) is 31.3 Å². The number of hydrogen-bond donors (Lipinski definition) is 5. The molecule has 2 aromatic carbocycles. The van der Waals surface area contributed by atoms with Crippen molar-refractivity contribution >= 4 is 70.9 Å². The van der Waals surface area contributed by atoms with Crippen LogP contribution in [0.1, 0.15) is 153 Å². The fourth-order valence-electron chi connectivity index (χ4n) is 12.6. The van der Waals surface area contributed by atoms with Crippen LogP contribution in [0, 0.1) is 23.7 Å². The van der Waals surface area contributed by atoms with Crippen LogP contribution in [0.2, 0.25) is 0 Å². The van der Waals surface area contributed by atoms with Gasteiger partial charge in [0, 0.05) is 75.3 Å². The van der Waals surface area contributed by atoms with Crippen LogP contribution in [-0.2, 0) is 75.1 Å². The maximum Gasteiger partial charge on any atom is 0.248 e. The predicted molar refractivity (Wildman–Crippen MR) is 381 cm³/mol. The van der Waals surface area contributed by atoms with Crippen LogP contribution >= 0.6 is 0 Å². The number of benzene rings is 2. The van der Waals surface area contributed by atoms with Gasteiger partial charge in [-0.25, -0.2) is 0 Å². The van der Waals surface area contributed by atoms with Gasteiger partial charge in [-0.1, -0.05) is 122 Å². The van der Waals surface area contributed by atoms with Crippen molar-refractivity contribution in [3.8, 4) is 0 Å². The number of rotatable bonds is 16. The Morgan fingerprint density at radius 3 is 1.48 bits per heavy atom. The van der Waals surface area contributed by atoms with E-state index in [0.29, 0.717) is 43.5 Å². The average Bonchev–Trinajstić information content (AvgIpc) is 0.811. The molecule has 0 saturated carbocycles. The number of nitrogens with zero attached hydrogens (tertiary/aromatic N) is 8. The van der Waals surface area contributed by atoms with Crippen molar-refractivity contribution in [3.63, 3.8) is 0 Å². The van der Waals surface area contributed by atoms with Crippen molar-refractivity contribution in [1.29, 1.82) is 0 Å². The number of carbonyl (C=O) groups is 12. The minimum absolute atomic E-state index is 0.0647. The summed E-state index contributed by atoms with van der Waals surface area (Å²) < 4.78 is 6.25. The molecule has 558 valence electrons. The third-order valence-electron chi connectivity index (χ3n) is 19.1. The van der Waals surface area contributed by atoms with Gasteiger partial charge in [-0.2, -0.15) is 0 Å². The Bertz CT molecular complexity index is 3100. The maximum absolute atomic E-state index is 15.6. The van der Waals surface area contributed by atoms with E-state index in [1.807, 2.05) is 41.5 Å². The molecule has 5 N–H and O–H groups in total. The zero-order valence-corrected chi connectivity index (χ0v) is 63.2. The van der Waals surface area contributed by atoms with Crippen molar-refractivity contribution in [2.45, 2.75) is 226 Å². The molecule has 0 radical (unpaired) electrons. The van der Waals surface area contributed by atoms with Gasteiger partial charge in [-0.05, 0) is 108 Å². The molecule has 12 atom stereocenters. The molecule has 0 unspecified atom stereocenters. The van der Waals surface area contributed by atoms with Gasteiger partial charge in [0.2, 0.25) is 70.9 Å². The van der Waals surface area contributed by atoms with E-state index in [2.05, 4.69) is 21.3 Å². The molecular formula is C74H118N12O14. The van der Waals surface area contributed by atoms with E-state index in [-0.39, 0.29) is 49.9 Å². The SMILES string of the molecule is CC[C@H](C)[C@H]1C(=O)N[C@@H]([C@@H](C)O)C(=O)N(C)[C@@H](C)C(=O)N(C)[C@@H](CC(C)C)C(=O)N[C@H](C(=O)N2CCCCC2)CC(=O)N(C)CC(=O)N(C)[C@@H](CC(C)C)C(=O)N[C@@H](CC(C)C)C(=O)N(C)[C@@H](Cc2ccccc2)C(=O)N[C@@H](COC(C)(C)C)C(=O)N(C)[C@@H](Cc2ccccc2)C(=O)N1C. The molecule has 2 aromatic rings. The lowest BCUT2D eigenvalue weighted by atomic mass is 9.94. The summed E-state index contributed by atoms with van der Waals surface area (Å²) in [6.45, 7) is 22.3. The van der Waals surface area contributed by atoms with Gasteiger partial charge in [-0.15, -0.1) is 0 Å². The summed E-state index contributed by atoms with van der Waals surface area (Å²) in [7, 11) is 9.69. The van der Waals surface area contributed by atoms with Crippen LogP contribution in [0.3, 0.4) is 0 Å². The highest BCUT2D eigenvalue weighted by Gasteiger charge is 2.45. The van der Waals surface area contributed by atoms with Crippen molar-refractivity contribution in [2.75, 3.05) is 75.6 Å². The first-order valence-corrected chi connectivity index (χ1v) is 35.5. The third kappa shape index (κ3) is 24.1. The normalized spacial score (nSPS) is 25.5. The number of carbonyl (C=O) groups excluding carboxylic acids is 12. The van der Waals surface area contributed by atoms with E-state index in [4.69, 9.17) is 4.74 Å².